The van der Waals surface area contributed by atoms with Crippen molar-refractivity contribution in [3.63, 3.8) is 0 Å². The monoisotopic (exact) mass is 320 g/mol. The van der Waals surface area contributed by atoms with Crippen LogP contribution in [-0.2, 0) is 0 Å². The number of nitrogen functional groups attached to an aromatic ring is 1. The van der Waals surface area contributed by atoms with Crippen molar-refractivity contribution >= 4 is 27.3 Å². The van der Waals surface area contributed by atoms with Gasteiger partial charge in [-0.3, -0.25) is 4.68 Å². The molecular formula is C12H13BrN6. The second-order valence-corrected chi connectivity index (χ2v) is 5.35. The molecule has 0 saturated heterocycles. The van der Waals surface area contributed by atoms with Crippen LogP contribution in [0.15, 0.2) is 29.3 Å². The molecule has 0 atom stereocenters. The third-order valence-electron chi connectivity index (χ3n) is 2.97. The van der Waals surface area contributed by atoms with E-state index in [1.54, 1.807) is 10.7 Å². The molecule has 0 unspecified atom stereocenters. The van der Waals surface area contributed by atoms with Crippen molar-refractivity contribution < 1.29 is 0 Å². The lowest BCUT2D eigenvalue weighted by atomic mass is 10.2. The predicted octanol–water partition coefficient (Wildman–Crippen LogP) is 2.52. The normalized spacial score (nSPS) is 11.6. The lowest BCUT2D eigenvalue weighted by Crippen LogP contribution is -2.05. The first-order valence-electron chi connectivity index (χ1n) is 5.91. The molecule has 0 radical (unpaired) electrons. The number of hydrogen-bond acceptors (Lipinski definition) is 4. The molecule has 98 valence electrons. The van der Waals surface area contributed by atoms with E-state index in [0.717, 1.165) is 21.4 Å². The smallest absolute Gasteiger partial charge is 0.152 e. The molecule has 0 aliphatic carbocycles. The van der Waals surface area contributed by atoms with Crippen molar-refractivity contribution in [2.24, 2.45) is 0 Å². The second kappa shape index (κ2) is 4.34. The van der Waals surface area contributed by atoms with Crippen molar-refractivity contribution in [2.45, 2.75) is 19.9 Å². The largest absolute Gasteiger partial charge is 0.382 e. The van der Waals surface area contributed by atoms with Gasteiger partial charge in [-0.05, 0) is 41.9 Å². The number of rotatable bonds is 2. The maximum atomic E-state index is 5.98. The van der Waals surface area contributed by atoms with Crippen molar-refractivity contribution in [1.29, 1.82) is 0 Å². The fourth-order valence-corrected chi connectivity index (χ4v) is 2.66. The Bertz CT molecular complexity index is 742. The summed E-state index contributed by atoms with van der Waals surface area (Å²) in [6.07, 6.45) is 3.23. The summed E-state index contributed by atoms with van der Waals surface area (Å²) in [5, 5.41) is 8.54. The second-order valence-electron chi connectivity index (χ2n) is 4.54. The van der Waals surface area contributed by atoms with Gasteiger partial charge in [0.15, 0.2) is 5.82 Å². The van der Waals surface area contributed by atoms with Crippen LogP contribution in [0.3, 0.4) is 0 Å². The maximum absolute atomic E-state index is 5.98. The molecule has 0 fully saturated rings. The van der Waals surface area contributed by atoms with E-state index in [0.29, 0.717) is 5.82 Å². The molecular weight excluding hydrogens is 308 g/mol. The van der Waals surface area contributed by atoms with Crippen molar-refractivity contribution in [3.05, 3.63) is 29.3 Å². The highest BCUT2D eigenvalue weighted by Crippen LogP contribution is 2.33. The van der Waals surface area contributed by atoms with E-state index in [4.69, 9.17) is 5.73 Å². The summed E-state index contributed by atoms with van der Waals surface area (Å²) < 4.78 is 4.52. The number of anilines is 1. The Morgan fingerprint density at radius 1 is 1.32 bits per heavy atom. The number of nitrogens with two attached hydrogens (primary N) is 1. The molecule has 3 rings (SSSR count). The number of aromatic nitrogens is 5. The van der Waals surface area contributed by atoms with Gasteiger partial charge >= 0.3 is 0 Å². The van der Waals surface area contributed by atoms with Crippen LogP contribution in [0.4, 0.5) is 5.82 Å². The van der Waals surface area contributed by atoms with Crippen molar-refractivity contribution in [1.82, 2.24) is 24.4 Å². The van der Waals surface area contributed by atoms with E-state index in [1.165, 1.54) is 6.33 Å². The van der Waals surface area contributed by atoms with Crippen molar-refractivity contribution in [2.75, 3.05) is 5.73 Å². The van der Waals surface area contributed by atoms with Gasteiger partial charge in [-0.25, -0.2) is 9.50 Å². The third kappa shape index (κ3) is 1.81. The van der Waals surface area contributed by atoms with E-state index < -0.39 is 0 Å². The van der Waals surface area contributed by atoms with Gasteiger partial charge in [-0.2, -0.15) is 10.2 Å². The lowest BCUT2D eigenvalue weighted by Gasteiger charge is -2.10. The van der Waals surface area contributed by atoms with Gasteiger partial charge in [0.1, 0.15) is 16.4 Å². The SMILES string of the molecule is CC(C)n1nccc1-c1cc(Br)n2ncnc(N)c12. The Balaban J connectivity index is 2.34. The first kappa shape index (κ1) is 12.2. The summed E-state index contributed by atoms with van der Waals surface area (Å²) in [5.41, 5.74) is 8.74. The summed E-state index contributed by atoms with van der Waals surface area (Å²) >= 11 is 3.49. The quantitative estimate of drug-likeness (QED) is 0.787. The van der Waals surface area contributed by atoms with Gasteiger partial charge in [0.05, 0.1) is 5.69 Å². The average molecular weight is 321 g/mol. The summed E-state index contributed by atoms with van der Waals surface area (Å²) in [7, 11) is 0. The van der Waals surface area contributed by atoms with E-state index >= 15 is 0 Å². The zero-order valence-electron chi connectivity index (χ0n) is 10.6. The number of hydrogen-bond donors (Lipinski definition) is 1. The van der Waals surface area contributed by atoms with E-state index in [-0.39, 0.29) is 6.04 Å². The third-order valence-corrected chi connectivity index (χ3v) is 3.54. The zero-order chi connectivity index (χ0) is 13.6. The van der Waals surface area contributed by atoms with Gasteiger partial charge < -0.3 is 5.73 Å². The average Bonchev–Trinajstić information content (AvgIpc) is 2.95. The van der Waals surface area contributed by atoms with Gasteiger partial charge in [0, 0.05) is 17.8 Å². The van der Waals surface area contributed by atoms with E-state index in [1.807, 2.05) is 16.8 Å². The molecule has 3 aromatic rings. The molecule has 6 nitrogen and oxygen atoms in total. The topological polar surface area (TPSA) is 74.0 Å². The molecule has 7 heteroatoms. The van der Waals surface area contributed by atoms with Crippen LogP contribution in [0.25, 0.3) is 16.8 Å². The molecule has 3 heterocycles. The predicted molar refractivity (Wildman–Crippen MR) is 76.7 cm³/mol. The minimum Gasteiger partial charge on any atom is -0.382 e. The molecule has 0 aromatic carbocycles. The maximum Gasteiger partial charge on any atom is 0.152 e. The highest BCUT2D eigenvalue weighted by Gasteiger charge is 2.17. The molecule has 0 saturated carbocycles. The minimum absolute atomic E-state index is 0.268. The number of fused-ring (bicyclic) bond motifs is 1. The number of halogens is 1. The molecule has 19 heavy (non-hydrogen) atoms. The van der Waals surface area contributed by atoms with E-state index in [9.17, 15) is 0 Å². The summed E-state index contributed by atoms with van der Waals surface area (Å²) in [6, 6.07) is 4.22. The Morgan fingerprint density at radius 3 is 2.84 bits per heavy atom. The molecule has 3 aromatic heterocycles. The zero-order valence-corrected chi connectivity index (χ0v) is 12.2. The molecule has 0 bridgehead atoms. The van der Waals surface area contributed by atoms with Crippen LogP contribution in [0, 0.1) is 0 Å². The minimum atomic E-state index is 0.268. The van der Waals surface area contributed by atoms with Crippen LogP contribution >= 0.6 is 15.9 Å². The first-order chi connectivity index (χ1) is 9.09. The highest BCUT2D eigenvalue weighted by molar-refractivity contribution is 9.10. The van der Waals surface area contributed by atoms with Crippen LogP contribution in [0.1, 0.15) is 19.9 Å². The summed E-state index contributed by atoms with van der Waals surface area (Å²) in [5.74, 6) is 0.451. The van der Waals surface area contributed by atoms with Gasteiger partial charge in [0.25, 0.3) is 0 Å². The molecule has 0 amide bonds. The van der Waals surface area contributed by atoms with E-state index in [2.05, 4.69) is 45.0 Å². The van der Waals surface area contributed by atoms with Crippen LogP contribution < -0.4 is 5.73 Å². The van der Waals surface area contributed by atoms with Gasteiger partial charge in [-0.15, -0.1) is 0 Å². The highest BCUT2D eigenvalue weighted by atomic mass is 79.9. The standard InChI is InChI=1S/C12H13BrN6/c1-7(2)18-9(3-4-16-18)8-5-10(13)19-11(8)12(14)15-6-17-19/h3-7H,1-2H3,(H2,14,15,17). The summed E-state index contributed by atoms with van der Waals surface area (Å²) in [4.78, 5) is 4.06. The molecule has 0 spiro atoms. The Labute approximate surface area is 118 Å². The fraction of sp³-hybridized carbons (Fsp3) is 0.250. The number of nitrogens with zero attached hydrogens (tertiary/aromatic N) is 5. The molecule has 2 N–H and O–H groups in total. The summed E-state index contributed by atoms with van der Waals surface area (Å²) in [6.45, 7) is 4.17. The van der Waals surface area contributed by atoms with Crippen molar-refractivity contribution in [3.8, 4) is 11.3 Å². The van der Waals surface area contributed by atoms with Crippen LogP contribution in [0.5, 0.6) is 0 Å². The molecule has 0 aliphatic heterocycles. The first-order valence-corrected chi connectivity index (χ1v) is 6.70. The van der Waals surface area contributed by atoms with Gasteiger partial charge in [0.2, 0.25) is 0 Å². The fourth-order valence-electron chi connectivity index (χ4n) is 2.16. The Hall–Kier alpha value is -1.89. The van der Waals surface area contributed by atoms with Gasteiger partial charge in [-0.1, -0.05) is 0 Å². The Morgan fingerprint density at radius 2 is 2.11 bits per heavy atom. The van der Waals surface area contributed by atoms with Crippen LogP contribution in [-0.4, -0.2) is 24.4 Å². The van der Waals surface area contributed by atoms with Crippen LogP contribution in [0.2, 0.25) is 0 Å². The molecule has 0 aliphatic rings. The lowest BCUT2D eigenvalue weighted by molar-refractivity contribution is 0.539. The Kier molecular flexibility index (Phi) is 2.78.